The second-order valence-electron chi connectivity index (χ2n) is 5.27. The maximum atomic E-state index is 12.3. The zero-order valence-corrected chi connectivity index (χ0v) is 12.8. The molecule has 108 valence electrons. The van der Waals surface area contributed by atoms with Crippen molar-refractivity contribution in [1.29, 1.82) is 0 Å². The molecule has 0 radical (unpaired) electrons. The van der Waals surface area contributed by atoms with Crippen molar-refractivity contribution >= 4 is 21.6 Å². The number of nitrogens with one attached hydrogen (secondary N) is 1. The Labute approximate surface area is 125 Å². The van der Waals surface area contributed by atoms with Crippen molar-refractivity contribution in [2.24, 2.45) is 0 Å². The Bertz CT molecular complexity index is 596. The van der Waals surface area contributed by atoms with E-state index in [-0.39, 0.29) is 5.75 Å². The van der Waals surface area contributed by atoms with E-state index in [1.54, 1.807) is 24.3 Å². The molecule has 3 nitrogen and oxygen atoms in total. The van der Waals surface area contributed by atoms with E-state index in [0.29, 0.717) is 23.4 Å². The van der Waals surface area contributed by atoms with Gasteiger partial charge in [-0.05, 0) is 30.5 Å². The van der Waals surface area contributed by atoms with Gasteiger partial charge in [0.1, 0.15) is 0 Å². The van der Waals surface area contributed by atoms with E-state index in [1.165, 1.54) is 0 Å². The molecule has 1 aliphatic rings. The van der Waals surface area contributed by atoms with Gasteiger partial charge in [-0.3, -0.25) is 0 Å². The molecule has 5 heteroatoms. The van der Waals surface area contributed by atoms with Gasteiger partial charge < -0.3 is 0 Å². The summed E-state index contributed by atoms with van der Waals surface area (Å²) in [6, 6.07) is 6.80. The van der Waals surface area contributed by atoms with Crippen LogP contribution >= 0.6 is 11.6 Å². The van der Waals surface area contributed by atoms with Crippen molar-refractivity contribution in [3.05, 3.63) is 34.9 Å². The van der Waals surface area contributed by atoms with Gasteiger partial charge in [0.05, 0.1) is 11.3 Å². The lowest BCUT2D eigenvalue weighted by molar-refractivity contribution is 0.341. The molecule has 2 rings (SSSR count). The van der Waals surface area contributed by atoms with Crippen LogP contribution in [0.25, 0.3) is 0 Å². The Balaban J connectivity index is 2.10. The lowest BCUT2D eigenvalue weighted by Crippen LogP contribution is -2.48. The Morgan fingerprint density at radius 1 is 1.20 bits per heavy atom. The number of sulfonamides is 1. The summed E-state index contributed by atoms with van der Waals surface area (Å²) in [5.74, 6) is 2.58. The predicted octanol–water partition coefficient (Wildman–Crippen LogP) is 3.10. The van der Waals surface area contributed by atoms with Crippen molar-refractivity contribution in [2.45, 2.75) is 43.4 Å². The molecule has 0 bridgehead atoms. The number of hydrogen-bond donors (Lipinski definition) is 1. The quantitative estimate of drug-likeness (QED) is 0.869. The first-order chi connectivity index (χ1) is 9.45. The predicted molar refractivity (Wildman–Crippen MR) is 81.9 cm³/mol. The van der Waals surface area contributed by atoms with E-state index in [0.717, 1.165) is 19.3 Å². The summed E-state index contributed by atoms with van der Waals surface area (Å²) in [4.78, 5) is 0. The van der Waals surface area contributed by atoms with E-state index < -0.39 is 15.6 Å². The molecule has 1 fully saturated rings. The topological polar surface area (TPSA) is 46.2 Å². The maximum absolute atomic E-state index is 12.3. The second kappa shape index (κ2) is 6.17. The van der Waals surface area contributed by atoms with E-state index in [4.69, 9.17) is 18.0 Å². The molecule has 0 atom stereocenters. The minimum absolute atomic E-state index is 0.0758. The molecule has 1 aromatic rings. The molecule has 0 unspecified atom stereocenters. The summed E-state index contributed by atoms with van der Waals surface area (Å²) in [6.45, 7) is 0. The zero-order chi connectivity index (χ0) is 14.6. The molecule has 0 saturated heterocycles. The highest BCUT2D eigenvalue weighted by Gasteiger charge is 2.34. The smallest absolute Gasteiger partial charge is 0.212 e. The molecule has 1 aliphatic carbocycles. The average Bonchev–Trinajstić information content (AvgIpc) is 2.41. The molecular weight excluding hydrogens is 294 g/mol. The fourth-order valence-corrected chi connectivity index (χ4v) is 4.25. The number of benzene rings is 1. The molecule has 1 N–H and O–H groups in total. The Kier molecular flexibility index (Phi) is 4.74. The largest absolute Gasteiger partial charge is 0.217 e. The van der Waals surface area contributed by atoms with Crippen LogP contribution < -0.4 is 4.72 Å². The molecule has 0 aliphatic heterocycles. The van der Waals surface area contributed by atoms with Crippen LogP contribution in [0.15, 0.2) is 24.3 Å². The van der Waals surface area contributed by atoms with Crippen LogP contribution in [-0.2, 0) is 15.8 Å². The summed E-state index contributed by atoms with van der Waals surface area (Å²) >= 11 is 5.79. The standard InChI is InChI=1S/C15H18ClNO2S/c1-2-15(10-4-3-5-11-15)17-20(18,19)12-13-6-8-14(16)9-7-13/h1,6-9,17H,3-5,10-12H2. The first-order valence-electron chi connectivity index (χ1n) is 6.69. The fourth-order valence-electron chi connectivity index (χ4n) is 2.56. The summed E-state index contributed by atoms with van der Waals surface area (Å²) < 4.78 is 27.3. The lowest BCUT2D eigenvalue weighted by Gasteiger charge is -2.32. The fraction of sp³-hybridized carbons (Fsp3) is 0.467. The van der Waals surface area contributed by atoms with E-state index in [9.17, 15) is 8.42 Å². The van der Waals surface area contributed by atoms with Crippen LogP contribution in [-0.4, -0.2) is 14.0 Å². The van der Waals surface area contributed by atoms with Crippen molar-refractivity contribution in [2.75, 3.05) is 0 Å². The first kappa shape index (κ1) is 15.4. The van der Waals surface area contributed by atoms with Crippen LogP contribution in [0.5, 0.6) is 0 Å². The molecule has 1 saturated carbocycles. The van der Waals surface area contributed by atoms with Gasteiger partial charge >= 0.3 is 0 Å². The normalized spacial score (nSPS) is 18.4. The van der Waals surface area contributed by atoms with Crippen LogP contribution in [0.2, 0.25) is 5.02 Å². The van der Waals surface area contributed by atoms with Crippen LogP contribution in [0.1, 0.15) is 37.7 Å². The number of halogens is 1. The third-order valence-corrected chi connectivity index (χ3v) is 5.27. The lowest BCUT2D eigenvalue weighted by atomic mass is 9.83. The first-order valence-corrected chi connectivity index (χ1v) is 8.72. The van der Waals surface area contributed by atoms with Crippen molar-refractivity contribution < 1.29 is 8.42 Å². The van der Waals surface area contributed by atoms with Crippen molar-refractivity contribution in [3.63, 3.8) is 0 Å². The zero-order valence-electron chi connectivity index (χ0n) is 11.2. The minimum Gasteiger partial charge on any atom is -0.212 e. The number of rotatable bonds is 4. The van der Waals surface area contributed by atoms with Gasteiger partial charge in [-0.15, -0.1) is 6.42 Å². The van der Waals surface area contributed by atoms with Gasteiger partial charge in [0.25, 0.3) is 0 Å². The SMILES string of the molecule is C#CC1(NS(=O)(=O)Cc2ccc(Cl)cc2)CCCCC1. The third kappa shape index (κ3) is 3.99. The monoisotopic (exact) mass is 311 g/mol. The molecule has 1 aromatic carbocycles. The van der Waals surface area contributed by atoms with Gasteiger partial charge in [0.15, 0.2) is 0 Å². The summed E-state index contributed by atoms with van der Waals surface area (Å²) in [6.07, 6.45) is 10.0. The van der Waals surface area contributed by atoms with Gasteiger partial charge in [0, 0.05) is 5.02 Å². The van der Waals surface area contributed by atoms with Gasteiger partial charge in [-0.1, -0.05) is 48.9 Å². The molecular formula is C15H18ClNO2S. The van der Waals surface area contributed by atoms with Gasteiger partial charge in [-0.2, -0.15) is 4.72 Å². The summed E-state index contributed by atoms with van der Waals surface area (Å²) in [5, 5.41) is 0.589. The highest BCUT2D eigenvalue weighted by atomic mass is 35.5. The Hall–Kier alpha value is -1.02. The summed E-state index contributed by atoms with van der Waals surface area (Å²) in [7, 11) is -3.45. The molecule has 0 aromatic heterocycles. The van der Waals surface area contributed by atoms with Crippen LogP contribution in [0.3, 0.4) is 0 Å². The van der Waals surface area contributed by atoms with E-state index in [2.05, 4.69) is 10.6 Å². The van der Waals surface area contributed by atoms with Crippen molar-refractivity contribution in [1.82, 2.24) is 4.72 Å². The minimum atomic E-state index is -3.45. The van der Waals surface area contributed by atoms with Gasteiger partial charge in [-0.25, -0.2) is 8.42 Å². The van der Waals surface area contributed by atoms with Crippen LogP contribution in [0.4, 0.5) is 0 Å². The third-order valence-electron chi connectivity index (χ3n) is 3.60. The van der Waals surface area contributed by atoms with E-state index in [1.807, 2.05) is 0 Å². The molecule has 0 amide bonds. The highest BCUT2D eigenvalue weighted by Crippen LogP contribution is 2.28. The summed E-state index contributed by atoms with van der Waals surface area (Å²) in [5.41, 5.74) is -0.00589. The molecule has 0 spiro atoms. The van der Waals surface area contributed by atoms with Crippen molar-refractivity contribution in [3.8, 4) is 12.3 Å². The van der Waals surface area contributed by atoms with Gasteiger partial charge in [0.2, 0.25) is 10.0 Å². The van der Waals surface area contributed by atoms with E-state index >= 15 is 0 Å². The average molecular weight is 312 g/mol. The number of hydrogen-bond acceptors (Lipinski definition) is 2. The molecule has 20 heavy (non-hydrogen) atoms. The van der Waals surface area contributed by atoms with Crippen LogP contribution in [0, 0.1) is 12.3 Å². The highest BCUT2D eigenvalue weighted by molar-refractivity contribution is 7.88. The molecule has 0 heterocycles. The Morgan fingerprint density at radius 2 is 1.80 bits per heavy atom. The maximum Gasteiger partial charge on any atom is 0.217 e. The number of terminal acetylenes is 1. The second-order valence-corrected chi connectivity index (χ2v) is 7.43. The Morgan fingerprint density at radius 3 is 2.35 bits per heavy atom.